The molecular formula is C16H21ClN4O. The van der Waals surface area contributed by atoms with E-state index in [1.807, 2.05) is 30.3 Å². The number of carbonyl (C=O) groups is 1. The van der Waals surface area contributed by atoms with Crippen LogP contribution in [0.1, 0.15) is 32.1 Å². The summed E-state index contributed by atoms with van der Waals surface area (Å²) in [6.45, 7) is 0. The summed E-state index contributed by atoms with van der Waals surface area (Å²) >= 11 is 0. The zero-order chi connectivity index (χ0) is 14.7. The number of nitrogens with two attached hydrogens (primary N) is 1. The summed E-state index contributed by atoms with van der Waals surface area (Å²) in [7, 11) is 0. The first-order valence-electron chi connectivity index (χ1n) is 7.38. The molecule has 6 heteroatoms. The Morgan fingerprint density at radius 2 is 1.86 bits per heavy atom. The normalized spacial score (nSPS) is 16.6. The van der Waals surface area contributed by atoms with Crippen LogP contribution in [0.3, 0.4) is 0 Å². The Morgan fingerprint density at radius 3 is 2.55 bits per heavy atom. The smallest absolute Gasteiger partial charge is 0.244 e. The SMILES string of the molecule is Cl.NC1(C(=O)Nc2cnn(-c3ccccc3)c2)CCCCC1. The molecule has 3 N–H and O–H groups in total. The second-order valence-electron chi connectivity index (χ2n) is 5.68. The minimum atomic E-state index is -0.729. The van der Waals surface area contributed by atoms with Gasteiger partial charge in [0.2, 0.25) is 5.91 Å². The Hall–Kier alpha value is -1.85. The molecule has 118 valence electrons. The highest BCUT2D eigenvalue weighted by molar-refractivity contribution is 5.97. The number of halogens is 1. The van der Waals surface area contributed by atoms with Crippen molar-refractivity contribution >= 4 is 24.0 Å². The molecule has 0 saturated heterocycles. The van der Waals surface area contributed by atoms with E-state index in [4.69, 9.17) is 5.73 Å². The zero-order valence-electron chi connectivity index (χ0n) is 12.4. The van der Waals surface area contributed by atoms with Gasteiger partial charge in [0.1, 0.15) is 0 Å². The molecule has 1 saturated carbocycles. The predicted molar refractivity (Wildman–Crippen MR) is 89.4 cm³/mol. The van der Waals surface area contributed by atoms with Crippen LogP contribution in [0.2, 0.25) is 0 Å². The Bertz CT molecular complexity index is 620. The molecule has 0 aliphatic heterocycles. The van der Waals surface area contributed by atoms with E-state index in [2.05, 4.69) is 10.4 Å². The van der Waals surface area contributed by atoms with Crippen LogP contribution in [0.5, 0.6) is 0 Å². The number of nitrogens with zero attached hydrogens (tertiary/aromatic N) is 2. The van der Waals surface area contributed by atoms with Gasteiger partial charge in [0.05, 0.1) is 29.3 Å². The molecule has 22 heavy (non-hydrogen) atoms. The van der Waals surface area contributed by atoms with Crippen molar-refractivity contribution in [3.63, 3.8) is 0 Å². The third kappa shape index (κ3) is 3.48. The molecule has 3 rings (SSSR count). The molecule has 1 aliphatic carbocycles. The van der Waals surface area contributed by atoms with E-state index in [0.29, 0.717) is 5.69 Å². The third-order valence-electron chi connectivity index (χ3n) is 4.06. The number of rotatable bonds is 3. The largest absolute Gasteiger partial charge is 0.322 e. The van der Waals surface area contributed by atoms with Gasteiger partial charge in [-0.2, -0.15) is 5.10 Å². The molecule has 0 atom stereocenters. The van der Waals surface area contributed by atoms with Crippen molar-refractivity contribution in [2.24, 2.45) is 5.73 Å². The van der Waals surface area contributed by atoms with E-state index in [-0.39, 0.29) is 18.3 Å². The molecule has 0 unspecified atom stereocenters. The van der Waals surface area contributed by atoms with Gasteiger partial charge in [-0.15, -0.1) is 12.4 Å². The van der Waals surface area contributed by atoms with Crippen LogP contribution < -0.4 is 11.1 Å². The van der Waals surface area contributed by atoms with Gasteiger partial charge in [0.25, 0.3) is 0 Å². The van der Waals surface area contributed by atoms with Gasteiger partial charge in [-0.1, -0.05) is 37.5 Å². The molecule has 0 bridgehead atoms. The maximum absolute atomic E-state index is 12.4. The minimum Gasteiger partial charge on any atom is -0.322 e. The number of nitrogens with one attached hydrogen (secondary N) is 1. The van der Waals surface area contributed by atoms with Crippen LogP contribution in [0.4, 0.5) is 5.69 Å². The first kappa shape index (κ1) is 16.5. The fourth-order valence-corrected chi connectivity index (χ4v) is 2.77. The lowest BCUT2D eigenvalue weighted by atomic mass is 9.82. The summed E-state index contributed by atoms with van der Waals surface area (Å²) in [5, 5.41) is 7.16. The second kappa shape index (κ2) is 6.94. The molecule has 2 aromatic rings. The quantitative estimate of drug-likeness (QED) is 0.913. The lowest BCUT2D eigenvalue weighted by Crippen LogP contribution is -2.52. The van der Waals surface area contributed by atoms with Crippen molar-refractivity contribution in [3.05, 3.63) is 42.7 Å². The van der Waals surface area contributed by atoms with E-state index < -0.39 is 5.54 Å². The van der Waals surface area contributed by atoms with Crippen molar-refractivity contribution in [2.45, 2.75) is 37.6 Å². The number of hydrogen-bond donors (Lipinski definition) is 2. The first-order chi connectivity index (χ1) is 10.2. The van der Waals surface area contributed by atoms with Crippen LogP contribution >= 0.6 is 12.4 Å². The van der Waals surface area contributed by atoms with E-state index in [1.165, 1.54) is 0 Å². The van der Waals surface area contributed by atoms with Gasteiger partial charge < -0.3 is 11.1 Å². The average molecular weight is 321 g/mol. The highest BCUT2D eigenvalue weighted by Crippen LogP contribution is 2.27. The molecule has 1 heterocycles. The van der Waals surface area contributed by atoms with Gasteiger partial charge in [0, 0.05) is 0 Å². The Morgan fingerprint density at radius 1 is 1.18 bits per heavy atom. The van der Waals surface area contributed by atoms with Crippen LogP contribution in [0.25, 0.3) is 5.69 Å². The van der Waals surface area contributed by atoms with Crippen LogP contribution in [-0.4, -0.2) is 21.2 Å². The van der Waals surface area contributed by atoms with E-state index in [9.17, 15) is 4.79 Å². The lowest BCUT2D eigenvalue weighted by Gasteiger charge is -2.31. The number of anilines is 1. The molecule has 1 aromatic carbocycles. The van der Waals surface area contributed by atoms with E-state index in [0.717, 1.165) is 37.8 Å². The zero-order valence-corrected chi connectivity index (χ0v) is 13.2. The lowest BCUT2D eigenvalue weighted by molar-refractivity contribution is -0.122. The molecule has 1 amide bonds. The predicted octanol–water partition coefficient (Wildman–Crippen LogP) is 2.89. The van der Waals surface area contributed by atoms with Crippen LogP contribution in [-0.2, 0) is 4.79 Å². The molecule has 1 aromatic heterocycles. The maximum Gasteiger partial charge on any atom is 0.244 e. The molecule has 1 fully saturated rings. The second-order valence-corrected chi connectivity index (χ2v) is 5.68. The standard InChI is InChI=1S/C16H20N4O.ClH/c17-16(9-5-2-6-10-16)15(21)19-13-11-18-20(12-13)14-7-3-1-4-8-14;/h1,3-4,7-8,11-12H,2,5-6,9-10,17H2,(H,19,21);1H. The number of benzene rings is 1. The maximum atomic E-state index is 12.4. The molecular weight excluding hydrogens is 300 g/mol. The van der Waals surface area contributed by atoms with Crippen molar-refractivity contribution in [1.82, 2.24) is 9.78 Å². The fourth-order valence-electron chi connectivity index (χ4n) is 2.77. The van der Waals surface area contributed by atoms with Gasteiger partial charge in [-0.05, 0) is 25.0 Å². The molecule has 0 spiro atoms. The highest BCUT2D eigenvalue weighted by atomic mass is 35.5. The summed E-state index contributed by atoms with van der Waals surface area (Å²) in [6, 6.07) is 9.78. The number of hydrogen-bond acceptors (Lipinski definition) is 3. The van der Waals surface area contributed by atoms with Crippen molar-refractivity contribution in [2.75, 3.05) is 5.32 Å². The number of aromatic nitrogens is 2. The Labute approximate surface area is 136 Å². The summed E-state index contributed by atoms with van der Waals surface area (Å²) in [5.41, 5.74) is 7.14. The number of carbonyl (C=O) groups excluding carboxylic acids is 1. The minimum absolute atomic E-state index is 0. The van der Waals surface area contributed by atoms with Crippen molar-refractivity contribution < 1.29 is 4.79 Å². The summed E-state index contributed by atoms with van der Waals surface area (Å²) in [6.07, 6.45) is 8.17. The summed E-state index contributed by atoms with van der Waals surface area (Å²) in [4.78, 5) is 12.4. The van der Waals surface area contributed by atoms with Gasteiger partial charge in [-0.3, -0.25) is 4.79 Å². The summed E-state index contributed by atoms with van der Waals surface area (Å²) in [5.74, 6) is -0.102. The highest BCUT2D eigenvalue weighted by Gasteiger charge is 2.35. The molecule has 0 radical (unpaired) electrons. The first-order valence-corrected chi connectivity index (χ1v) is 7.38. The van der Waals surface area contributed by atoms with Crippen LogP contribution in [0, 0.1) is 0 Å². The van der Waals surface area contributed by atoms with Crippen molar-refractivity contribution in [3.8, 4) is 5.69 Å². The topological polar surface area (TPSA) is 72.9 Å². The van der Waals surface area contributed by atoms with E-state index >= 15 is 0 Å². The van der Waals surface area contributed by atoms with Crippen LogP contribution in [0.15, 0.2) is 42.7 Å². The van der Waals surface area contributed by atoms with Gasteiger partial charge in [0.15, 0.2) is 0 Å². The van der Waals surface area contributed by atoms with E-state index in [1.54, 1.807) is 17.1 Å². The van der Waals surface area contributed by atoms with Gasteiger partial charge in [-0.25, -0.2) is 4.68 Å². The monoisotopic (exact) mass is 320 g/mol. The molecule has 5 nitrogen and oxygen atoms in total. The Kier molecular flexibility index (Phi) is 5.21. The number of amides is 1. The fraction of sp³-hybridized carbons (Fsp3) is 0.375. The Balaban J connectivity index is 0.00000176. The average Bonchev–Trinajstić information content (AvgIpc) is 2.97. The molecule has 1 aliphatic rings. The van der Waals surface area contributed by atoms with Crippen molar-refractivity contribution in [1.29, 1.82) is 0 Å². The van der Waals surface area contributed by atoms with Gasteiger partial charge >= 0.3 is 0 Å². The summed E-state index contributed by atoms with van der Waals surface area (Å²) < 4.78 is 1.74. The third-order valence-corrected chi connectivity index (χ3v) is 4.06. The number of para-hydroxylation sites is 1.